The van der Waals surface area contributed by atoms with Gasteiger partial charge in [0.25, 0.3) is 0 Å². The molecule has 0 aliphatic heterocycles. The van der Waals surface area contributed by atoms with Gasteiger partial charge in [0.2, 0.25) is 0 Å². The van der Waals surface area contributed by atoms with E-state index in [1.54, 1.807) is 0 Å². The second-order valence-electron chi connectivity index (χ2n) is 5.28. The van der Waals surface area contributed by atoms with Gasteiger partial charge in [-0.25, -0.2) is 0 Å². The Labute approximate surface area is 165 Å². The Hall–Kier alpha value is -2.62. The molecule has 0 atom stereocenters. The quantitative estimate of drug-likeness (QED) is 0.350. The van der Waals surface area contributed by atoms with Crippen molar-refractivity contribution < 1.29 is 61.0 Å². The molecule has 0 spiro atoms. The molecule has 0 amide bonds. The summed E-state index contributed by atoms with van der Waals surface area (Å²) >= 11 is 0. The molecule has 0 unspecified atom stereocenters. The van der Waals surface area contributed by atoms with E-state index in [0.29, 0.717) is 12.1 Å². The van der Waals surface area contributed by atoms with Gasteiger partial charge >= 0.3 is 31.3 Å². The third-order valence-electron chi connectivity index (χ3n) is 3.41. The van der Waals surface area contributed by atoms with Gasteiger partial charge in [-0.2, -0.15) is 43.2 Å². The molecule has 2 rings (SSSR count). The van der Waals surface area contributed by atoms with Crippen LogP contribution >= 0.6 is 0 Å². The largest absolute Gasteiger partial charge is 0.534 e. The highest BCUT2D eigenvalue weighted by Crippen LogP contribution is 2.43. The van der Waals surface area contributed by atoms with E-state index in [4.69, 9.17) is 9.47 Å². The van der Waals surface area contributed by atoms with Crippen molar-refractivity contribution in [2.24, 2.45) is 0 Å². The molecular formula is C14H10F6O8S2. The Morgan fingerprint density at radius 1 is 0.633 bits per heavy atom. The van der Waals surface area contributed by atoms with E-state index >= 15 is 0 Å². The number of ether oxygens (including phenoxy) is 2. The van der Waals surface area contributed by atoms with Crippen LogP contribution in [0.25, 0.3) is 10.8 Å². The summed E-state index contributed by atoms with van der Waals surface area (Å²) in [4.78, 5) is 0. The minimum absolute atomic E-state index is 0.0784. The summed E-state index contributed by atoms with van der Waals surface area (Å²) in [6, 6.07) is 3.49. The average molecular weight is 484 g/mol. The zero-order valence-corrected chi connectivity index (χ0v) is 16.3. The molecule has 0 N–H and O–H groups in total. The van der Waals surface area contributed by atoms with E-state index in [2.05, 4.69) is 8.37 Å². The minimum atomic E-state index is -6.40. The summed E-state index contributed by atoms with van der Waals surface area (Å²) in [5.74, 6) is -3.13. The maximum atomic E-state index is 12.7. The monoisotopic (exact) mass is 484 g/mol. The lowest BCUT2D eigenvalue weighted by Crippen LogP contribution is -2.30. The lowest BCUT2D eigenvalue weighted by atomic mass is 10.1. The maximum Gasteiger partial charge on any atom is 0.534 e. The van der Waals surface area contributed by atoms with Crippen LogP contribution in [0.2, 0.25) is 0 Å². The summed E-state index contributed by atoms with van der Waals surface area (Å²) < 4.78 is 139. The highest BCUT2D eigenvalue weighted by atomic mass is 32.2. The van der Waals surface area contributed by atoms with Crippen LogP contribution in [0.1, 0.15) is 0 Å². The molecular weight excluding hydrogens is 474 g/mol. The highest BCUT2D eigenvalue weighted by Gasteiger charge is 2.51. The summed E-state index contributed by atoms with van der Waals surface area (Å²) in [7, 11) is -10.5. The highest BCUT2D eigenvalue weighted by molar-refractivity contribution is 7.88. The molecule has 0 fully saturated rings. The second kappa shape index (κ2) is 7.57. The topological polar surface area (TPSA) is 105 Å². The van der Waals surface area contributed by atoms with Crippen LogP contribution in [0.3, 0.4) is 0 Å². The predicted octanol–water partition coefficient (Wildman–Crippen LogP) is 3.31. The molecule has 0 aromatic heterocycles. The number of halogens is 6. The van der Waals surface area contributed by atoms with Crippen molar-refractivity contribution in [3.8, 4) is 23.0 Å². The third-order valence-corrected chi connectivity index (χ3v) is 5.34. The summed E-state index contributed by atoms with van der Waals surface area (Å²) in [5, 5.41) is -0.359. The van der Waals surface area contributed by atoms with E-state index in [9.17, 15) is 43.2 Å². The molecule has 0 aliphatic carbocycles. The SMILES string of the molecule is COc1ccc(OC)c2cc(OS(=O)(=O)C(F)(F)F)c(OS(=O)(=O)C(F)(F)F)cc12. The van der Waals surface area contributed by atoms with Crippen molar-refractivity contribution in [1.82, 2.24) is 0 Å². The van der Waals surface area contributed by atoms with Crippen LogP contribution in [0, 0.1) is 0 Å². The molecule has 2 aromatic carbocycles. The van der Waals surface area contributed by atoms with Gasteiger partial charge < -0.3 is 17.8 Å². The Balaban J connectivity index is 2.84. The smallest absolute Gasteiger partial charge is 0.496 e. The van der Waals surface area contributed by atoms with Crippen LogP contribution in [0.4, 0.5) is 26.3 Å². The third kappa shape index (κ3) is 4.43. The number of hydrogen-bond acceptors (Lipinski definition) is 8. The molecule has 0 heterocycles. The van der Waals surface area contributed by atoms with Gasteiger partial charge in [-0.05, 0) is 24.3 Å². The van der Waals surface area contributed by atoms with E-state index in [-0.39, 0.29) is 22.3 Å². The number of rotatable bonds is 6. The molecule has 0 aliphatic rings. The fourth-order valence-corrected chi connectivity index (χ4v) is 3.04. The van der Waals surface area contributed by atoms with Gasteiger partial charge in [-0.3, -0.25) is 0 Å². The first kappa shape index (κ1) is 23.7. The Bertz CT molecular complexity index is 1080. The van der Waals surface area contributed by atoms with Crippen LogP contribution < -0.4 is 17.8 Å². The van der Waals surface area contributed by atoms with Gasteiger partial charge in [0, 0.05) is 10.8 Å². The molecule has 168 valence electrons. The van der Waals surface area contributed by atoms with Crippen molar-refractivity contribution in [3.05, 3.63) is 24.3 Å². The molecule has 0 radical (unpaired) electrons. The van der Waals surface area contributed by atoms with Crippen molar-refractivity contribution in [2.75, 3.05) is 14.2 Å². The first-order valence-corrected chi connectivity index (χ1v) is 10.1. The first-order valence-electron chi connectivity index (χ1n) is 7.24. The number of hydrogen-bond donors (Lipinski definition) is 0. The molecule has 0 bridgehead atoms. The van der Waals surface area contributed by atoms with Gasteiger partial charge in [0.15, 0.2) is 11.5 Å². The molecule has 0 saturated carbocycles. The number of fused-ring (bicyclic) bond motifs is 1. The van der Waals surface area contributed by atoms with E-state index in [1.807, 2.05) is 0 Å². The Morgan fingerprint density at radius 3 is 1.17 bits per heavy atom. The summed E-state index contributed by atoms with van der Waals surface area (Å²) in [6.07, 6.45) is 0. The fraction of sp³-hybridized carbons (Fsp3) is 0.286. The van der Waals surface area contributed by atoms with Gasteiger partial charge in [0.05, 0.1) is 14.2 Å². The standard InChI is InChI=1S/C14H10F6O8S2/c1-25-9-3-4-10(26-2)8-6-12(28-30(23,24)14(18,19)20)11(5-7(8)9)27-29(21,22)13(15,16)17/h3-6H,1-2H3. The number of alkyl halides is 6. The first-order chi connectivity index (χ1) is 13.5. The Kier molecular flexibility index (Phi) is 5.97. The Morgan fingerprint density at radius 2 is 0.933 bits per heavy atom. The number of benzene rings is 2. The molecule has 16 heteroatoms. The van der Waals surface area contributed by atoms with Crippen molar-refractivity contribution in [1.29, 1.82) is 0 Å². The molecule has 0 saturated heterocycles. The zero-order chi connectivity index (χ0) is 23.1. The van der Waals surface area contributed by atoms with Gasteiger partial charge in [0.1, 0.15) is 11.5 Å². The number of methoxy groups -OCH3 is 2. The van der Waals surface area contributed by atoms with E-state index < -0.39 is 42.8 Å². The fourth-order valence-electron chi connectivity index (χ4n) is 2.12. The normalized spacial score (nSPS) is 13.2. The average Bonchev–Trinajstić information content (AvgIpc) is 2.58. The summed E-state index contributed by atoms with van der Waals surface area (Å²) in [6.45, 7) is 0. The predicted molar refractivity (Wildman–Crippen MR) is 88.3 cm³/mol. The minimum Gasteiger partial charge on any atom is -0.496 e. The van der Waals surface area contributed by atoms with Crippen LogP contribution in [-0.2, 0) is 20.2 Å². The lowest BCUT2D eigenvalue weighted by molar-refractivity contribution is -0.0513. The molecule has 2 aromatic rings. The maximum absolute atomic E-state index is 12.7. The van der Waals surface area contributed by atoms with Crippen LogP contribution in [0.15, 0.2) is 24.3 Å². The molecule has 30 heavy (non-hydrogen) atoms. The second-order valence-corrected chi connectivity index (χ2v) is 8.36. The van der Waals surface area contributed by atoms with Gasteiger partial charge in [-0.1, -0.05) is 0 Å². The lowest BCUT2D eigenvalue weighted by Gasteiger charge is -2.17. The molecule has 8 nitrogen and oxygen atoms in total. The van der Waals surface area contributed by atoms with Crippen molar-refractivity contribution in [2.45, 2.75) is 11.0 Å². The summed E-state index contributed by atoms with van der Waals surface area (Å²) in [5.41, 5.74) is -11.9. The van der Waals surface area contributed by atoms with Crippen molar-refractivity contribution >= 4 is 31.0 Å². The zero-order valence-electron chi connectivity index (χ0n) is 14.7. The van der Waals surface area contributed by atoms with Crippen molar-refractivity contribution in [3.63, 3.8) is 0 Å². The van der Waals surface area contributed by atoms with Crippen LogP contribution in [-0.4, -0.2) is 42.1 Å². The van der Waals surface area contributed by atoms with E-state index in [0.717, 1.165) is 14.2 Å². The van der Waals surface area contributed by atoms with Gasteiger partial charge in [-0.15, -0.1) is 0 Å². The van der Waals surface area contributed by atoms with Crippen LogP contribution in [0.5, 0.6) is 23.0 Å². The van der Waals surface area contributed by atoms with E-state index in [1.165, 1.54) is 12.1 Å².